The maximum absolute atomic E-state index is 14.1. The van der Waals surface area contributed by atoms with Crippen molar-refractivity contribution in [1.82, 2.24) is 19.3 Å². The van der Waals surface area contributed by atoms with E-state index in [-0.39, 0.29) is 42.2 Å². The Labute approximate surface area is 193 Å². The van der Waals surface area contributed by atoms with E-state index < -0.39 is 0 Å². The molecule has 0 aliphatic heterocycles. The van der Waals surface area contributed by atoms with Gasteiger partial charge in [0.2, 0.25) is 0 Å². The Balaban J connectivity index is 1.68. The third-order valence-electron chi connectivity index (χ3n) is 5.39. The highest BCUT2D eigenvalue weighted by molar-refractivity contribution is 6.32. The van der Waals surface area contributed by atoms with Gasteiger partial charge in [-0.3, -0.25) is 14.0 Å². The molecule has 4 aromatic rings. The Kier molecular flexibility index (Phi) is 7.02. The van der Waals surface area contributed by atoms with Crippen molar-refractivity contribution in [3.8, 4) is 5.69 Å². The molecule has 3 heterocycles. The van der Waals surface area contributed by atoms with Crippen LogP contribution < -0.4 is 10.9 Å². The van der Waals surface area contributed by atoms with Crippen molar-refractivity contribution in [2.75, 3.05) is 18.5 Å². The van der Waals surface area contributed by atoms with Crippen LogP contribution in [0.2, 0.25) is 5.02 Å². The van der Waals surface area contributed by atoms with Crippen LogP contribution in [0.15, 0.2) is 59.8 Å². The predicted molar refractivity (Wildman–Crippen MR) is 124 cm³/mol. The van der Waals surface area contributed by atoms with Gasteiger partial charge in [0.1, 0.15) is 11.6 Å². The molecular weight excluding hydrogens is 449 g/mol. The van der Waals surface area contributed by atoms with E-state index in [1.807, 2.05) is 0 Å². The Hall–Kier alpha value is -3.27. The van der Waals surface area contributed by atoms with Gasteiger partial charge in [-0.1, -0.05) is 29.8 Å². The molecule has 0 amide bonds. The lowest BCUT2D eigenvalue weighted by Gasteiger charge is -2.18. The normalized spacial score (nSPS) is 11.4. The largest absolute Gasteiger partial charge is 0.396 e. The third-order valence-corrected chi connectivity index (χ3v) is 5.68. The SMILES string of the molecule is O=c1c2cnn(Cc3ccccc3F)c2ccn1-c1cc(NC(CCO)CCO)ncc1Cl. The summed E-state index contributed by atoms with van der Waals surface area (Å²) in [6.45, 7) is 0.122. The number of halogens is 2. The molecule has 8 nitrogen and oxygen atoms in total. The van der Waals surface area contributed by atoms with Crippen LogP contribution in [0, 0.1) is 5.82 Å². The monoisotopic (exact) mass is 471 g/mol. The van der Waals surface area contributed by atoms with Crippen molar-refractivity contribution < 1.29 is 14.6 Å². The van der Waals surface area contributed by atoms with Gasteiger partial charge in [0.25, 0.3) is 5.56 Å². The summed E-state index contributed by atoms with van der Waals surface area (Å²) < 4.78 is 17.0. The lowest BCUT2D eigenvalue weighted by molar-refractivity contribution is 0.248. The van der Waals surface area contributed by atoms with E-state index in [4.69, 9.17) is 11.6 Å². The molecule has 3 aromatic heterocycles. The van der Waals surface area contributed by atoms with Gasteiger partial charge in [-0.15, -0.1) is 0 Å². The summed E-state index contributed by atoms with van der Waals surface area (Å²) in [4.78, 5) is 17.5. The molecule has 0 bridgehead atoms. The molecule has 0 aliphatic carbocycles. The number of pyridine rings is 2. The fraction of sp³-hybridized carbons (Fsp3) is 0.261. The summed E-state index contributed by atoms with van der Waals surface area (Å²) in [6, 6.07) is 9.62. The number of aliphatic hydroxyl groups excluding tert-OH is 2. The molecule has 0 saturated heterocycles. The van der Waals surface area contributed by atoms with Gasteiger partial charge in [-0.05, 0) is 25.0 Å². The standard InChI is InChI=1S/C23H23ClFN5O3/c24-18-13-26-22(28-16(6-9-31)7-10-32)11-21(18)29-8-5-20-17(23(29)33)12-27-30(20)14-15-3-1-2-4-19(15)25/h1-5,8,11-13,16,31-32H,6-7,9-10,14H2,(H,26,28). The number of aromatic nitrogens is 4. The Morgan fingerprint density at radius 2 is 1.88 bits per heavy atom. The van der Waals surface area contributed by atoms with Crippen LogP contribution in [-0.2, 0) is 6.54 Å². The van der Waals surface area contributed by atoms with E-state index in [9.17, 15) is 19.4 Å². The number of hydrogen-bond donors (Lipinski definition) is 3. The van der Waals surface area contributed by atoms with E-state index in [1.165, 1.54) is 23.0 Å². The summed E-state index contributed by atoms with van der Waals surface area (Å²) in [6.07, 6.45) is 5.36. The van der Waals surface area contributed by atoms with Gasteiger partial charge < -0.3 is 15.5 Å². The van der Waals surface area contributed by atoms with E-state index in [0.29, 0.717) is 40.8 Å². The number of aliphatic hydroxyl groups is 2. The van der Waals surface area contributed by atoms with Crippen molar-refractivity contribution in [1.29, 1.82) is 0 Å². The zero-order valence-corrected chi connectivity index (χ0v) is 18.4. The zero-order valence-electron chi connectivity index (χ0n) is 17.7. The second-order valence-electron chi connectivity index (χ2n) is 7.57. The summed E-state index contributed by atoms with van der Waals surface area (Å²) in [5, 5.41) is 26.5. The molecule has 33 heavy (non-hydrogen) atoms. The van der Waals surface area contributed by atoms with Gasteiger partial charge in [0.15, 0.2) is 0 Å². The minimum Gasteiger partial charge on any atom is -0.396 e. The lowest BCUT2D eigenvalue weighted by Crippen LogP contribution is -2.23. The lowest BCUT2D eigenvalue weighted by atomic mass is 10.1. The van der Waals surface area contributed by atoms with Gasteiger partial charge in [-0.25, -0.2) is 9.37 Å². The fourth-order valence-corrected chi connectivity index (χ4v) is 3.88. The van der Waals surface area contributed by atoms with Gasteiger partial charge >= 0.3 is 0 Å². The highest BCUT2D eigenvalue weighted by Gasteiger charge is 2.15. The molecular formula is C23H23ClFN5O3. The van der Waals surface area contributed by atoms with Crippen LogP contribution in [0.5, 0.6) is 0 Å². The van der Waals surface area contributed by atoms with Crippen LogP contribution in [0.1, 0.15) is 18.4 Å². The van der Waals surface area contributed by atoms with Gasteiger partial charge in [-0.2, -0.15) is 5.10 Å². The molecule has 3 N–H and O–H groups in total. The van der Waals surface area contributed by atoms with E-state index in [2.05, 4.69) is 15.4 Å². The summed E-state index contributed by atoms with van der Waals surface area (Å²) >= 11 is 6.35. The van der Waals surface area contributed by atoms with Crippen molar-refractivity contribution in [2.45, 2.75) is 25.4 Å². The van der Waals surface area contributed by atoms with Crippen LogP contribution >= 0.6 is 11.6 Å². The molecule has 4 rings (SSSR count). The van der Waals surface area contributed by atoms with Crippen molar-refractivity contribution >= 4 is 28.3 Å². The first-order valence-corrected chi connectivity index (χ1v) is 10.8. The first-order valence-electron chi connectivity index (χ1n) is 10.5. The second kappa shape index (κ2) is 10.1. The zero-order chi connectivity index (χ0) is 23.4. The summed E-state index contributed by atoms with van der Waals surface area (Å²) in [7, 11) is 0. The Bertz CT molecular complexity index is 1320. The van der Waals surface area contributed by atoms with Gasteiger partial charge in [0.05, 0.1) is 40.6 Å². The number of hydrogen-bond acceptors (Lipinski definition) is 6. The van der Waals surface area contributed by atoms with E-state index in [0.717, 1.165) is 0 Å². The van der Waals surface area contributed by atoms with Crippen molar-refractivity contribution in [3.05, 3.63) is 81.7 Å². The second-order valence-corrected chi connectivity index (χ2v) is 7.98. The molecule has 0 spiro atoms. The van der Waals surface area contributed by atoms with E-state index in [1.54, 1.807) is 41.2 Å². The first kappa shape index (κ1) is 22.9. The highest BCUT2D eigenvalue weighted by atomic mass is 35.5. The fourth-order valence-electron chi connectivity index (χ4n) is 3.68. The maximum Gasteiger partial charge on any atom is 0.266 e. The van der Waals surface area contributed by atoms with Crippen LogP contribution in [0.3, 0.4) is 0 Å². The maximum atomic E-state index is 14.1. The summed E-state index contributed by atoms with van der Waals surface area (Å²) in [5.74, 6) is 0.127. The summed E-state index contributed by atoms with van der Waals surface area (Å²) in [5.41, 5.74) is 1.15. The van der Waals surface area contributed by atoms with Gasteiger partial charge in [0, 0.05) is 37.1 Å². The van der Waals surface area contributed by atoms with Crippen molar-refractivity contribution in [2.24, 2.45) is 0 Å². The number of rotatable bonds is 9. The first-order chi connectivity index (χ1) is 16.0. The number of fused-ring (bicyclic) bond motifs is 1. The third kappa shape index (κ3) is 4.90. The van der Waals surface area contributed by atoms with Crippen LogP contribution in [0.25, 0.3) is 16.6 Å². The highest BCUT2D eigenvalue weighted by Crippen LogP contribution is 2.23. The molecule has 10 heteroatoms. The average molecular weight is 472 g/mol. The molecule has 0 fully saturated rings. The molecule has 0 unspecified atom stereocenters. The molecule has 1 aromatic carbocycles. The number of anilines is 1. The number of nitrogens with zero attached hydrogens (tertiary/aromatic N) is 4. The topological polar surface area (TPSA) is 105 Å². The Morgan fingerprint density at radius 1 is 1.12 bits per heavy atom. The predicted octanol–water partition coefficient (Wildman–Crippen LogP) is 2.97. The molecule has 0 atom stereocenters. The van der Waals surface area contributed by atoms with Crippen molar-refractivity contribution in [3.63, 3.8) is 0 Å². The molecule has 0 saturated carbocycles. The van der Waals surface area contributed by atoms with E-state index >= 15 is 0 Å². The molecule has 0 aliphatic rings. The number of nitrogens with one attached hydrogen (secondary N) is 1. The molecule has 0 radical (unpaired) electrons. The van der Waals surface area contributed by atoms with Crippen LogP contribution in [-0.4, -0.2) is 48.8 Å². The Morgan fingerprint density at radius 3 is 2.61 bits per heavy atom. The minimum atomic E-state index is -0.334. The quantitative estimate of drug-likeness (QED) is 0.346. The molecule has 172 valence electrons. The smallest absolute Gasteiger partial charge is 0.266 e. The van der Waals surface area contributed by atoms with Crippen LogP contribution in [0.4, 0.5) is 10.2 Å². The minimum absolute atomic E-state index is 0.0366. The number of benzene rings is 1. The average Bonchev–Trinajstić information content (AvgIpc) is 3.21.